The second-order valence-electron chi connectivity index (χ2n) is 7.11. The molecule has 0 atom stereocenters. The van der Waals surface area contributed by atoms with E-state index in [4.69, 9.17) is 33.5 Å². The van der Waals surface area contributed by atoms with Crippen LogP contribution in [0, 0.1) is 0 Å². The molecule has 0 unspecified atom stereocenters. The van der Waals surface area contributed by atoms with Crippen molar-refractivity contribution in [2.24, 2.45) is 10.7 Å². The molecule has 7 N–H and O–H groups in total. The number of unbranched alkanes of at least 4 members (excludes halogenated alkanes) is 1. The summed E-state index contributed by atoms with van der Waals surface area (Å²) in [5, 5.41) is 2.28. The number of aromatic nitrogens is 2. The standard InChI is InChI=1S/C21H28ClN7O3/c1-13(30)5-4-12-32-15-9-7-14(8-10-15)6-2-3-11-26-21(25)29-20(31)16-18(23)28-19(24)17(22)27-16/h7-10H,2-6,11-12H2,1H3,(H4,23,24,28)(H3,25,26,29,31). The quantitative estimate of drug-likeness (QED) is 0.223. The van der Waals surface area contributed by atoms with Gasteiger partial charge >= 0.3 is 0 Å². The summed E-state index contributed by atoms with van der Waals surface area (Å²) in [4.78, 5) is 34.8. The van der Waals surface area contributed by atoms with E-state index in [0.29, 0.717) is 19.6 Å². The number of amides is 1. The lowest BCUT2D eigenvalue weighted by molar-refractivity contribution is -0.117. The molecular formula is C21H28ClN7O3. The van der Waals surface area contributed by atoms with Gasteiger partial charge < -0.3 is 26.7 Å². The van der Waals surface area contributed by atoms with Crippen LogP contribution in [0.15, 0.2) is 29.3 Å². The number of aryl methyl sites for hydroxylation is 1. The molecule has 10 nitrogen and oxygen atoms in total. The summed E-state index contributed by atoms with van der Waals surface area (Å²) in [6.07, 6.45) is 3.82. The van der Waals surface area contributed by atoms with Gasteiger partial charge in [-0.15, -0.1) is 0 Å². The number of halogens is 1. The van der Waals surface area contributed by atoms with Gasteiger partial charge in [0.25, 0.3) is 5.91 Å². The number of nitrogen functional groups attached to an aromatic ring is 2. The van der Waals surface area contributed by atoms with Crippen molar-refractivity contribution >= 4 is 40.9 Å². The van der Waals surface area contributed by atoms with Gasteiger partial charge in [0.05, 0.1) is 6.61 Å². The van der Waals surface area contributed by atoms with Crippen LogP contribution >= 0.6 is 11.6 Å². The molecule has 0 bridgehead atoms. The summed E-state index contributed by atoms with van der Waals surface area (Å²) >= 11 is 5.77. The fraction of sp³-hybridized carbons (Fsp3) is 0.381. The van der Waals surface area contributed by atoms with Crippen molar-refractivity contribution in [1.29, 1.82) is 0 Å². The summed E-state index contributed by atoms with van der Waals surface area (Å²) in [7, 11) is 0. The highest BCUT2D eigenvalue weighted by Crippen LogP contribution is 2.17. The molecule has 1 amide bonds. The molecule has 2 rings (SSSR count). The van der Waals surface area contributed by atoms with E-state index in [1.165, 1.54) is 5.56 Å². The van der Waals surface area contributed by atoms with Crippen molar-refractivity contribution in [1.82, 2.24) is 15.3 Å². The summed E-state index contributed by atoms with van der Waals surface area (Å²) in [6.45, 7) is 2.56. The predicted octanol–water partition coefficient (Wildman–Crippen LogP) is 2.11. The number of carbonyl (C=O) groups excluding carboxylic acids is 2. The Morgan fingerprint density at radius 3 is 2.50 bits per heavy atom. The summed E-state index contributed by atoms with van der Waals surface area (Å²) < 4.78 is 5.62. The van der Waals surface area contributed by atoms with E-state index in [1.807, 2.05) is 24.3 Å². The topological polar surface area (TPSA) is 172 Å². The number of anilines is 2. The van der Waals surface area contributed by atoms with Crippen LogP contribution in [0.3, 0.4) is 0 Å². The average molecular weight is 462 g/mol. The van der Waals surface area contributed by atoms with E-state index in [2.05, 4.69) is 20.3 Å². The molecule has 172 valence electrons. The number of aliphatic imine (C=N–C) groups is 1. The molecular weight excluding hydrogens is 434 g/mol. The Hall–Kier alpha value is -3.40. The maximum Gasteiger partial charge on any atom is 0.280 e. The van der Waals surface area contributed by atoms with E-state index < -0.39 is 5.91 Å². The van der Waals surface area contributed by atoms with Gasteiger partial charge in [-0.05, 0) is 50.3 Å². The summed E-state index contributed by atoms with van der Waals surface area (Å²) in [5.74, 6) is 0.0392. The van der Waals surface area contributed by atoms with Crippen molar-refractivity contribution in [2.45, 2.75) is 39.0 Å². The predicted molar refractivity (Wildman–Crippen MR) is 125 cm³/mol. The zero-order valence-electron chi connectivity index (χ0n) is 17.9. The normalized spacial score (nSPS) is 11.2. The SMILES string of the molecule is CC(=O)CCCOc1ccc(CCCCN=C(N)NC(=O)c2nc(Cl)c(N)nc2N)cc1. The van der Waals surface area contributed by atoms with Crippen LogP contribution in [-0.4, -0.2) is 40.8 Å². The van der Waals surface area contributed by atoms with E-state index in [9.17, 15) is 9.59 Å². The lowest BCUT2D eigenvalue weighted by Gasteiger charge is -2.08. The maximum absolute atomic E-state index is 12.2. The fourth-order valence-electron chi connectivity index (χ4n) is 2.73. The van der Waals surface area contributed by atoms with Gasteiger partial charge in [0.15, 0.2) is 28.4 Å². The fourth-order valence-corrected chi connectivity index (χ4v) is 2.85. The van der Waals surface area contributed by atoms with Gasteiger partial charge in [-0.2, -0.15) is 0 Å². The van der Waals surface area contributed by atoms with Crippen LogP contribution in [0.25, 0.3) is 0 Å². The van der Waals surface area contributed by atoms with Crippen LogP contribution < -0.4 is 27.3 Å². The van der Waals surface area contributed by atoms with Gasteiger partial charge in [-0.1, -0.05) is 23.7 Å². The third-order valence-electron chi connectivity index (χ3n) is 4.38. The molecule has 11 heteroatoms. The number of nitrogens with one attached hydrogen (secondary N) is 1. The Balaban J connectivity index is 1.69. The number of ketones is 1. The molecule has 0 aliphatic carbocycles. The third kappa shape index (κ3) is 8.38. The molecule has 32 heavy (non-hydrogen) atoms. The van der Waals surface area contributed by atoms with E-state index >= 15 is 0 Å². The second kappa shape index (κ2) is 12.5. The van der Waals surface area contributed by atoms with Crippen molar-refractivity contribution in [3.8, 4) is 5.75 Å². The first-order valence-electron chi connectivity index (χ1n) is 10.2. The minimum atomic E-state index is -0.665. The minimum Gasteiger partial charge on any atom is -0.494 e. The van der Waals surface area contributed by atoms with Crippen LogP contribution in [0.4, 0.5) is 11.6 Å². The maximum atomic E-state index is 12.2. The van der Waals surface area contributed by atoms with Crippen molar-refractivity contribution in [2.75, 3.05) is 24.6 Å². The number of Topliss-reactive ketones (excluding diaryl/α,β-unsaturated/α-hetero) is 1. The van der Waals surface area contributed by atoms with Crippen molar-refractivity contribution < 1.29 is 14.3 Å². The van der Waals surface area contributed by atoms with Crippen LogP contribution in [0.2, 0.25) is 5.15 Å². The van der Waals surface area contributed by atoms with Crippen LogP contribution in [-0.2, 0) is 11.2 Å². The Morgan fingerprint density at radius 2 is 1.81 bits per heavy atom. The van der Waals surface area contributed by atoms with E-state index in [-0.39, 0.29) is 34.2 Å². The molecule has 1 aromatic heterocycles. The summed E-state index contributed by atoms with van der Waals surface area (Å²) in [6, 6.07) is 7.88. The number of hydrogen-bond donors (Lipinski definition) is 4. The molecule has 1 heterocycles. The number of carbonyl (C=O) groups is 2. The van der Waals surface area contributed by atoms with Crippen molar-refractivity contribution in [3.05, 3.63) is 40.7 Å². The second-order valence-corrected chi connectivity index (χ2v) is 7.47. The van der Waals surface area contributed by atoms with E-state index in [1.54, 1.807) is 6.92 Å². The molecule has 0 saturated heterocycles. The molecule has 0 radical (unpaired) electrons. The highest BCUT2D eigenvalue weighted by atomic mass is 35.5. The van der Waals surface area contributed by atoms with Gasteiger partial charge in [-0.3, -0.25) is 15.1 Å². The molecule has 0 aliphatic rings. The minimum absolute atomic E-state index is 0.0459. The number of nitrogens with two attached hydrogens (primary N) is 3. The molecule has 1 aromatic carbocycles. The Morgan fingerprint density at radius 1 is 1.09 bits per heavy atom. The smallest absolute Gasteiger partial charge is 0.280 e. The first-order valence-corrected chi connectivity index (χ1v) is 10.5. The van der Waals surface area contributed by atoms with Crippen molar-refractivity contribution in [3.63, 3.8) is 0 Å². The van der Waals surface area contributed by atoms with Crippen LogP contribution in [0.5, 0.6) is 5.75 Å². The summed E-state index contributed by atoms with van der Waals surface area (Å²) in [5.41, 5.74) is 17.9. The first kappa shape index (κ1) is 24.9. The van der Waals surface area contributed by atoms with Gasteiger partial charge in [0.2, 0.25) is 0 Å². The zero-order chi connectivity index (χ0) is 23.5. The monoisotopic (exact) mass is 461 g/mol. The molecule has 0 aliphatic heterocycles. The van der Waals surface area contributed by atoms with Gasteiger partial charge in [0, 0.05) is 13.0 Å². The molecule has 0 fully saturated rings. The third-order valence-corrected chi connectivity index (χ3v) is 4.66. The molecule has 2 aromatic rings. The lowest BCUT2D eigenvalue weighted by atomic mass is 10.1. The Labute approximate surface area is 191 Å². The first-order chi connectivity index (χ1) is 15.3. The van der Waals surface area contributed by atoms with Gasteiger partial charge in [-0.25, -0.2) is 9.97 Å². The lowest BCUT2D eigenvalue weighted by Crippen LogP contribution is -2.38. The highest BCUT2D eigenvalue weighted by molar-refractivity contribution is 6.31. The van der Waals surface area contributed by atoms with E-state index in [0.717, 1.165) is 31.4 Å². The van der Waals surface area contributed by atoms with Crippen LogP contribution in [0.1, 0.15) is 48.7 Å². The highest BCUT2D eigenvalue weighted by Gasteiger charge is 2.16. The number of hydrogen-bond acceptors (Lipinski definition) is 8. The molecule has 0 spiro atoms. The largest absolute Gasteiger partial charge is 0.494 e. The Kier molecular flexibility index (Phi) is 9.68. The number of nitrogens with zero attached hydrogens (tertiary/aromatic N) is 3. The Bertz CT molecular complexity index is 965. The average Bonchev–Trinajstić information content (AvgIpc) is 2.74. The number of rotatable bonds is 11. The number of guanidine groups is 1. The number of ether oxygens (including phenoxy) is 1. The van der Waals surface area contributed by atoms with Gasteiger partial charge in [0.1, 0.15) is 11.5 Å². The molecule has 0 saturated carbocycles. The number of benzene rings is 1. The zero-order valence-corrected chi connectivity index (χ0v) is 18.7.